The summed E-state index contributed by atoms with van der Waals surface area (Å²) in [5.41, 5.74) is -2.06. The fourth-order valence-corrected chi connectivity index (χ4v) is 2.97. The van der Waals surface area contributed by atoms with E-state index in [0.29, 0.717) is 11.5 Å². The number of hydrogen-bond donors (Lipinski definition) is 0. The van der Waals surface area contributed by atoms with Gasteiger partial charge in [-0.2, -0.15) is 38.7 Å². The van der Waals surface area contributed by atoms with Crippen molar-refractivity contribution in [2.24, 2.45) is 8.80 Å². The maximum atomic E-state index is 12.5. The van der Waals surface area contributed by atoms with Crippen LogP contribution in [0.25, 0.3) is 0 Å². The largest absolute Gasteiger partial charge is 2.00 e. The molecule has 0 fully saturated rings. The average Bonchev–Trinajstić information content (AvgIpc) is 3.35. The maximum Gasteiger partial charge on any atom is 2.00 e. The van der Waals surface area contributed by atoms with Crippen LogP contribution >= 0.6 is 23.9 Å². The minimum absolute atomic E-state index is 0. The molecular formula is C18H20F6MnN4S2. The molecule has 31 heavy (non-hydrogen) atoms. The first-order valence-corrected chi connectivity index (χ1v) is 10.7. The summed E-state index contributed by atoms with van der Waals surface area (Å²) >= 11 is 1.83. The minimum Gasteiger partial charge on any atom is -0.662 e. The van der Waals surface area contributed by atoms with E-state index in [1.807, 2.05) is 13.8 Å². The molecule has 0 aliphatic carbocycles. The van der Waals surface area contributed by atoms with Gasteiger partial charge in [-0.05, 0) is 36.7 Å². The Hall–Kier alpha value is -1.30. The van der Waals surface area contributed by atoms with Gasteiger partial charge in [0.1, 0.15) is 11.4 Å². The number of nitrogens with zero attached hydrogens (tertiary/aromatic N) is 4. The van der Waals surface area contributed by atoms with Crippen LogP contribution in [0.4, 0.5) is 26.3 Å². The Balaban J connectivity index is 0.000000562. The summed E-state index contributed by atoms with van der Waals surface area (Å²) in [6.07, 6.45) is -4.67. The van der Waals surface area contributed by atoms with Crippen molar-refractivity contribution in [3.63, 3.8) is 0 Å². The second-order valence-corrected chi connectivity index (χ2v) is 7.28. The Morgan fingerprint density at radius 1 is 0.774 bits per heavy atom. The molecule has 2 aromatic rings. The molecule has 0 amide bonds. The first-order chi connectivity index (χ1) is 14.1. The number of aromatic nitrogens is 2. The molecule has 1 radical (unpaired) electrons. The molecule has 0 saturated heterocycles. The Kier molecular flexibility index (Phi) is 14.1. The number of alkyl halides is 6. The van der Waals surface area contributed by atoms with E-state index in [0.717, 1.165) is 36.7 Å². The summed E-state index contributed by atoms with van der Waals surface area (Å²) in [7, 11) is 0. The van der Waals surface area contributed by atoms with Gasteiger partial charge < -0.3 is 9.97 Å². The van der Waals surface area contributed by atoms with E-state index in [1.54, 1.807) is 0 Å². The summed E-state index contributed by atoms with van der Waals surface area (Å²) in [4.78, 5) is 7.20. The van der Waals surface area contributed by atoms with Gasteiger partial charge in [-0.3, -0.25) is 0 Å². The normalized spacial score (nSPS) is 12.8. The van der Waals surface area contributed by atoms with E-state index in [9.17, 15) is 26.3 Å². The summed E-state index contributed by atoms with van der Waals surface area (Å²) in [5, 5.41) is 0. The molecule has 0 bridgehead atoms. The van der Waals surface area contributed by atoms with Gasteiger partial charge in [0.15, 0.2) is 0 Å². The van der Waals surface area contributed by atoms with Crippen LogP contribution in [0.5, 0.6) is 0 Å². The second-order valence-electron chi connectivity index (χ2n) is 5.59. The van der Waals surface area contributed by atoms with Crippen LogP contribution in [-0.2, 0) is 17.1 Å². The van der Waals surface area contributed by atoms with Crippen LogP contribution in [0.3, 0.4) is 0 Å². The molecule has 0 atom stereocenters. The third-order valence-electron chi connectivity index (χ3n) is 3.03. The fourth-order valence-electron chi connectivity index (χ4n) is 1.77. The van der Waals surface area contributed by atoms with Gasteiger partial charge >= 0.3 is 29.4 Å². The van der Waals surface area contributed by atoms with E-state index >= 15 is 0 Å². The van der Waals surface area contributed by atoms with Crippen LogP contribution in [0.1, 0.15) is 38.1 Å². The summed E-state index contributed by atoms with van der Waals surface area (Å²) < 4.78 is 82.1. The van der Waals surface area contributed by atoms with E-state index in [2.05, 4.69) is 18.8 Å². The standard InChI is InChI=1S/2C9H10F3N2S.Mn/c2*1-2-6-15-14-8(9(10,11)12)7-4-3-5-13-7;/h2*3-5H,2,6H2,1H3;/q2*-1;+2/b2*14-8-;. The zero-order valence-corrected chi connectivity index (χ0v) is 19.4. The predicted molar refractivity (Wildman–Crippen MR) is 110 cm³/mol. The first-order valence-electron chi connectivity index (χ1n) is 8.81. The van der Waals surface area contributed by atoms with Crippen molar-refractivity contribution in [1.29, 1.82) is 0 Å². The quantitative estimate of drug-likeness (QED) is 0.137. The molecular weight excluding hydrogens is 505 g/mol. The number of halogens is 6. The van der Waals surface area contributed by atoms with Gasteiger partial charge in [-0.15, -0.1) is 11.4 Å². The van der Waals surface area contributed by atoms with Gasteiger partial charge in [0.2, 0.25) is 0 Å². The fraction of sp³-hybridized carbons (Fsp3) is 0.444. The van der Waals surface area contributed by atoms with Crippen molar-refractivity contribution in [3.8, 4) is 0 Å². The molecule has 0 aliphatic rings. The van der Waals surface area contributed by atoms with Crippen LogP contribution in [0.2, 0.25) is 0 Å². The third kappa shape index (κ3) is 11.2. The molecule has 173 valence electrons. The molecule has 0 aromatic carbocycles. The van der Waals surface area contributed by atoms with Crippen molar-refractivity contribution in [3.05, 3.63) is 48.0 Å². The molecule has 0 N–H and O–H groups in total. The average molecular weight is 525 g/mol. The van der Waals surface area contributed by atoms with Gasteiger partial charge in [0.05, 0.1) is 0 Å². The Bertz CT molecular complexity index is 706. The minimum atomic E-state index is -4.44. The Morgan fingerprint density at radius 3 is 1.35 bits per heavy atom. The van der Waals surface area contributed by atoms with Crippen molar-refractivity contribution in [2.75, 3.05) is 11.5 Å². The Morgan fingerprint density at radius 2 is 1.13 bits per heavy atom. The van der Waals surface area contributed by atoms with Crippen molar-refractivity contribution in [2.45, 2.75) is 39.0 Å². The van der Waals surface area contributed by atoms with Crippen molar-refractivity contribution < 1.29 is 43.4 Å². The molecule has 0 unspecified atom stereocenters. The monoisotopic (exact) mass is 525 g/mol. The zero-order chi connectivity index (χ0) is 22.6. The van der Waals surface area contributed by atoms with E-state index in [-0.39, 0.29) is 28.5 Å². The number of rotatable bonds is 8. The van der Waals surface area contributed by atoms with Crippen LogP contribution in [-0.4, -0.2) is 35.3 Å². The molecule has 4 nitrogen and oxygen atoms in total. The molecule has 2 heterocycles. The van der Waals surface area contributed by atoms with Gasteiger partial charge in [-0.25, -0.2) is 8.80 Å². The first kappa shape index (κ1) is 29.7. The molecule has 2 rings (SSSR count). The van der Waals surface area contributed by atoms with E-state index in [1.165, 1.54) is 36.7 Å². The van der Waals surface area contributed by atoms with Gasteiger partial charge in [-0.1, -0.05) is 38.1 Å². The van der Waals surface area contributed by atoms with Crippen LogP contribution in [0.15, 0.2) is 45.5 Å². The zero-order valence-electron chi connectivity index (χ0n) is 16.5. The van der Waals surface area contributed by atoms with Gasteiger partial charge in [0.25, 0.3) is 0 Å². The SMILES string of the molecule is CCCS/N=C(/c1ccc[n-]1)C(F)(F)F.CCCS/N=C(/c1ccc[n-]1)C(F)(F)F.[Mn+2]. The summed E-state index contributed by atoms with van der Waals surface area (Å²) in [5.74, 6) is 1.14. The van der Waals surface area contributed by atoms with E-state index in [4.69, 9.17) is 0 Å². The van der Waals surface area contributed by atoms with Crippen LogP contribution < -0.4 is 9.97 Å². The smallest absolute Gasteiger partial charge is 0.662 e. The summed E-state index contributed by atoms with van der Waals surface area (Å²) in [6, 6.07) is 5.53. The summed E-state index contributed by atoms with van der Waals surface area (Å²) in [6.45, 7) is 3.77. The molecule has 13 heteroatoms. The molecule has 0 aliphatic heterocycles. The number of hydrogen-bond acceptors (Lipinski definition) is 4. The van der Waals surface area contributed by atoms with Gasteiger partial charge in [0, 0.05) is 11.5 Å². The van der Waals surface area contributed by atoms with Crippen molar-refractivity contribution >= 4 is 35.3 Å². The Labute approximate surface area is 195 Å². The maximum absolute atomic E-state index is 12.5. The van der Waals surface area contributed by atoms with Crippen molar-refractivity contribution in [1.82, 2.24) is 9.97 Å². The van der Waals surface area contributed by atoms with E-state index < -0.39 is 23.8 Å². The second kappa shape index (κ2) is 14.7. The molecule has 0 saturated carbocycles. The third-order valence-corrected chi connectivity index (χ3v) is 4.84. The molecule has 2 aromatic heterocycles. The molecule has 0 spiro atoms. The predicted octanol–water partition coefficient (Wildman–Crippen LogP) is 6.10. The topological polar surface area (TPSA) is 52.9 Å². The van der Waals surface area contributed by atoms with Crippen LogP contribution in [0, 0.1) is 0 Å².